The molecule has 0 spiro atoms. The minimum absolute atomic E-state index is 0.303. The lowest BCUT2D eigenvalue weighted by Gasteiger charge is -2.30. The average Bonchev–Trinajstić information content (AvgIpc) is 2.19. The Hall–Kier alpha value is -0.410. The molecule has 3 heteroatoms. The third kappa shape index (κ3) is 4.22. The van der Waals surface area contributed by atoms with Crippen LogP contribution in [0.3, 0.4) is 0 Å². The van der Waals surface area contributed by atoms with Crippen molar-refractivity contribution in [2.45, 2.75) is 27.2 Å². The van der Waals surface area contributed by atoms with Crippen LogP contribution in [0.15, 0.2) is 22.8 Å². The predicted molar refractivity (Wildman–Crippen MR) is 72.5 cm³/mol. The summed E-state index contributed by atoms with van der Waals surface area (Å²) in [7, 11) is 2.01. The monoisotopic (exact) mass is 284 g/mol. The van der Waals surface area contributed by atoms with Crippen molar-refractivity contribution >= 4 is 15.9 Å². The molecular weight excluding hydrogens is 264 g/mol. The Balaban J connectivity index is 2.72. The number of hydrogen-bond donors (Lipinski definition) is 1. The molecule has 1 unspecified atom stereocenters. The van der Waals surface area contributed by atoms with Gasteiger partial charge in [0, 0.05) is 16.4 Å². The van der Waals surface area contributed by atoms with E-state index in [1.807, 2.05) is 13.2 Å². The Kier molecular flexibility index (Phi) is 4.93. The maximum absolute atomic E-state index is 4.44. The lowest BCUT2D eigenvalue weighted by atomic mass is 9.78. The lowest BCUT2D eigenvalue weighted by molar-refractivity contribution is 0.233. The number of aromatic nitrogens is 1. The van der Waals surface area contributed by atoms with Gasteiger partial charge in [-0.25, -0.2) is 0 Å². The quantitative estimate of drug-likeness (QED) is 0.918. The fourth-order valence-electron chi connectivity index (χ4n) is 1.71. The molecule has 0 aromatic carbocycles. The van der Waals surface area contributed by atoms with Crippen LogP contribution in [-0.2, 0) is 6.42 Å². The molecule has 1 atom stereocenters. The molecule has 1 heterocycles. The molecule has 90 valence electrons. The third-order valence-corrected chi connectivity index (χ3v) is 3.39. The zero-order chi connectivity index (χ0) is 12.2. The van der Waals surface area contributed by atoms with E-state index >= 15 is 0 Å². The van der Waals surface area contributed by atoms with Gasteiger partial charge in [0.1, 0.15) is 0 Å². The molecule has 0 radical (unpaired) electrons. The highest BCUT2D eigenvalue weighted by Crippen LogP contribution is 2.28. The highest BCUT2D eigenvalue weighted by Gasteiger charge is 2.24. The molecule has 0 amide bonds. The summed E-state index contributed by atoms with van der Waals surface area (Å²) in [6.07, 6.45) is 2.89. The second kappa shape index (κ2) is 5.78. The van der Waals surface area contributed by atoms with Gasteiger partial charge in [0.25, 0.3) is 0 Å². The van der Waals surface area contributed by atoms with Crippen molar-refractivity contribution in [3.63, 3.8) is 0 Å². The van der Waals surface area contributed by atoms with Gasteiger partial charge < -0.3 is 5.32 Å². The van der Waals surface area contributed by atoms with Gasteiger partial charge in [-0.3, -0.25) is 4.98 Å². The Labute approximate surface area is 107 Å². The summed E-state index contributed by atoms with van der Waals surface area (Å²) >= 11 is 3.41. The van der Waals surface area contributed by atoms with E-state index in [-0.39, 0.29) is 0 Å². The lowest BCUT2D eigenvalue weighted by Crippen LogP contribution is -2.32. The smallest absolute Gasteiger partial charge is 0.0413 e. The SMILES string of the molecule is CNCC(Cc1ccc(Br)cn1)C(C)(C)C. The van der Waals surface area contributed by atoms with Gasteiger partial charge in [-0.05, 0) is 59.4 Å². The van der Waals surface area contributed by atoms with Gasteiger partial charge in [-0.2, -0.15) is 0 Å². The highest BCUT2D eigenvalue weighted by molar-refractivity contribution is 9.10. The number of rotatable bonds is 4. The van der Waals surface area contributed by atoms with Crippen LogP contribution in [0.25, 0.3) is 0 Å². The molecule has 0 aliphatic rings. The van der Waals surface area contributed by atoms with Crippen LogP contribution in [0.1, 0.15) is 26.5 Å². The third-order valence-electron chi connectivity index (χ3n) is 2.92. The summed E-state index contributed by atoms with van der Waals surface area (Å²) in [6, 6.07) is 4.15. The van der Waals surface area contributed by atoms with E-state index in [1.54, 1.807) is 0 Å². The maximum atomic E-state index is 4.44. The molecule has 1 aromatic rings. The van der Waals surface area contributed by atoms with E-state index in [0.29, 0.717) is 11.3 Å². The van der Waals surface area contributed by atoms with Crippen LogP contribution in [-0.4, -0.2) is 18.6 Å². The van der Waals surface area contributed by atoms with E-state index in [2.05, 4.69) is 59.1 Å². The molecule has 1 aromatic heterocycles. The number of nitrogens with one attached hydrogen (secondary N) is 1. The van der Waals surface area contributed by atoms with Gasteiger partial charge in [-0.1, -0.05) is 20.8 Å². The fraction of sp³-hybridized carbons (Fsp3) is 0.615. The Morgan fingerprint density at radius 2 is 2.06 bits per heavy atom. The molecule has 2 nitrogen and oxygen atoms in total. The van der Waals surface area contributed by atoms with Crippen LogP contribution >= 0.6 is 15.9 Å². The van der Waals surface area contributed by atoms with E-state index in [4.69, 9.17) is 0 Å². The Bertz CT molecular complexity index is 314. The van der Waals surface area contributed by atoms with Crippen LogP contribution in [0.4, 0.5) is 0 Å². The van der Waals surface area contributed by atoms with Crippen LogP contribution in [0.5, 0.6) is 0 Å². The summed E-state index contributed by atoms with van der Waals surface area (Å²) in [6.45, 7) is 7.89. The van der Waals surface area contributed by atoms with Crippen molar-refractivity contribution in [2.75, 3.05) is 13.6 Å². The summed E-state index contributed by atoms with van der Waals surface area (Å²) in [5, 5.41) is 3.27. The molecule has 0 saturated carbocycles. The molecule has 0 saturated heterocycles. The van der Waals surface area contributed by atoms with Crippen molar-refractivity contribution in [3.05, 3.63) is 28.5 Å². The van der Waals surface area contributed by atoms with Gasteiger partial charge >= 0.3 is 0 Å². The van der Waals surface area contributed by atoms with Gasteiger partial charge in [-0.15, -0.1) is 0 Å². The first kappa shape index (κ1) is 13.7. The van der Waals surface area contributed by atoms with Crippen molar-refractivity contribution in [1.82, 2.24) is 10.3 Å². The van der Waals surface area contributed by atoms with Crippen molar-refractivity contribution in [1.29, 1.82) is 0 Å². The van der Waals surface area contributed by atoms with E-state index < -0.39 is 0 Å². The standard InChI is InChI=1S/C13H21BrN2/c1-13(2,3)10(8-15-4)7-12-6-5-11(14)9-16-12/h5-6,9-10,15H,7-8H2,1-4H3. The van der Waals surface area contributed by atoms with Crippen LogP contribution < -0.4 is 5.32 Å². The summed E-state index contributed by atoms with van der Waals surface area (Å²) < 4.78 is 1.04. The second-order valence-corrected chi connectivity index (χ2v) is 6.21. The van der Waals surface area contributed by atoms with Gasteiger partial charge in [0.05, 0.1) is 0 Å². The zero-order valence-electron chi connectivity index (χ0n) is 10.5. The molecule has 1 rings (SSSR count). The molecule has 16 heavy (non-hydrogen) atoms. The molecule has 0 aliphatic carbocycles. The fourth-order valence-corrected chi connectivity index (χ4v) is 1.95. The zero-order valence-corrected chi connectivity index (χ0v) is 12.1. The first-order valence-corrected chi connectivity index (χ1v) is 6.48. The summed E-state index contributed by atoms with van der Waals surface area (Å²) in [4.78, 5) is 4.44. The minimum atomic E-state index is 0.303. The summed E-state index contributed by atoms with van der Waals surface area (Å²) in [5.74, 6) is 0.603. The van der Waals surface area contributed by atoms with Crippen molar-refractivity contribution in [3.8, 4) is 0 Å². The van der Waals surface area contributed by atoms with Crippen LogP contribution in [0, 0.1) is 11.3 Å². The minimum Gasteiger partial charge on any atom is -0.319 e. The van der Waals surface area contributed by atoms with E-state index in [9.17, 15) is 0 Å². The second-order valence-electron chi connectivity index (χ2n) is 5.29. The predicted octanol–water partition coefficient (Wildman–Crippen LogP) is 3.27. The number of hydrogen-bond acceptors (Lipinski definition) is 2. The first-order chi connectivity index (χ1) is 7.43. The number of nitrogens with zero attached hydrogens (tertiary/aromatic N) is 1. The Morgan fingerprint density at radius 1 is 1.38 bits per heavy atom. The van der Waals surface area contributed by atoms with Gasteiger partial charge in [0.2, 0.25) is 0 Å². The number of halogens is 1. The summed E-state index contributed by atoms with van der Waals surface area (Å²) in [5.41, 5.74) is 1.47. The Morgan fingerprint density at radius 3 is 2.50 bits per heavy atom. The molecule has 0 aliphatic heterocycles. The molecule has 0 fully saturated rings. The first-order valence-electron chi connectivity index (χ1n) is 5.68. The highest BCUT2D eigenvalue weighted by atomic mass is 79.9. The van der Waals surface area contributed by atoms with E-state index in [1.165, 1.54) is 5.69 Å². The van der Waals surface area contributed by atoms with E-state index in [0.717, 1.165) is 17.4 Å². The molecule has 0 bridgehead atoms. The average molecular weight is 285 g/mol. The van der Waals surface area contributed by atoms with Crippen molar-refractivity contribution < 1.29 is 0 Å². The molecule has 1 N–H and O–H groups in total. The topological polar surface area (TPSA) is 24.9 Å². The normalized spacial score (nSPS) is 13.8. The largest absolute Gasteiger partial charge is 0.319 e. The van der Waals surface area contributed by atoms with Crippen LogP contribution in [0.2, 0.25) is 0 Å². The van der Waals surface area contributed by atoms with Crippen molar-refractivity contribution in [2.24, 2.45) is 11.3 Å². The maximum Gasteiger partial charge on any atom is 0.0413 e. The number of pyridine rings is 1. The van der Waals surface area contributed by atoms with Gasteiger partial charge in [0.15, 0.2) is 0 Å². The molecular formula is C13H21BrN2.